The molecule has 0 unspecified atom stereocenters. The molecule has 1 atom stereocenters. The molecule has 0 aromatic rings. The van der Waals surface area contributed by atoms with Crippen LogP contribution in [0.1, 0.15) is 19.3 Å². The molecule has 0 amide bonds. The molecule has 0 aliphatic heterocycles. The van der Waals surface area contributed by atoms with Crippen LogP contribution in [0.15, 0.2) is 0 Å². The van der Waals surface area contributed by atoms with Crippen molar-refractivity contribution in [2.24, 2.45) is 5.73 Å². The van der Waals surface area contributed by atoms with Crippen LogP contribution in [0.2, 0.25) is 0 Å². The Morgan fingerprint density at radius 1 is 1.29 bits per heavy atom. The van der Waals surface area contributed by atoms with Gasteiger partial charge in [-0.25, -0.2) is 4.79 Å². The minimum atomic E-state index is -5.19. The number of nitrogens with two attached hydrogens (primary N) is 1. The number of alkyl halides is 3. The van der Waals surface area contributed by atoms with Gasteiger partial charge in [0.1, 0.15) is 0 Å². The molecule has 0 aromatic heterocycles. The van der Waals surface area contributed by atoms with Crippen molar-refractivity contribution in [2.45, 2.75) is 31.0 Å². The number of rotatable bonds is 7. The van der Waals surface area contributed by atoms with Crippen LogP contribution in [0.25, 0.3) is 0 Å². The summed E-state index contributed by atoms with van der Waals surface area (Å²) in [4.78, 5) is 22.1. The molecule has 0 aliphatic rings. The van der Waals surface area contributed by atoms with Crippen LogP contribution in [0.3, 0.4) is 0 Å². The third-order valence-electron chi connectivity index (χ3n) is 2.44. The Labute approximate surface area is 96.2 Å². The van der Waals surface area contributed by atoms with Gasteiger partial charge in [-0.1, -0.05) is 0 Å². The molecule has 0 saturated carbocycles. The molecule has 0 heterocycles. The zero-order chi connectivity index (χ0) is 13.7. The van der Waals surface area contributed by atoms with E-state index in [1.807, 2.05) is 5.32 Å². The minimum absolute atomic E-state index is 0.117. The Hall–Kier alpha value is -1.15. The molecule has 0 saturated heterocycles. The van der Waals surface area contributed by atoms with E-state index in [-0.39, 0.29) is 13.0 Å². The number of carboxylic acids is 1. The highest BCUT2D eigenvalue weighted by Crippen LogP contribution is 2.27. The third kappa shape index (κ3) is 3.67. The van der Waals surface area contributed by atoms with Crippen molar-refractivity contribution in [3.8, 4) is 0 Å². The zero-order valence-electron chi connectivity index (χ0n) is 9.30. The van der Waals surface area contributed by atoms with Crippen molar-refractivity contribution >= 4 is 11.8 Å². The lowest BCUT2D eigenvalue weighted by Crippen LogP contribution is -2.61. The van der Waals surface area contributed by atoms with Crippen LogP contribution in [-0.2, 0) is 9.59 Å². The van der Waals surface area contributed by atoms with Gasteiger partial charge in [-0.05, 0) is 32.9 Å². The molecule has 0 rings (SSSR count). The number of carbonyl (C=O) groups is 2. The number of likely N-dealkylation sites (N-methyl/N-ethyl adjacent to an activating group) is 1. The Morgan fingerprint density at radius 2 is 1.82 bits per heavy atom. The molecule has 0 radical (unpaired) electrons. The van der Waals surface area contributed by atoms with Crippen LogP contribution < -0.4 is 11.1 Å². The Bertz CT molecular complexity index is 294. The van der Waals surface area contributed by atoms with Crippen LogP contribution in [0, 0.1) is 0 Å². The lowest BCUT2D eigenvalue weighted by molar-refractivity contribution is -0.183. The number of ketones is 1. The van der Waals surface area contributed by atoms with Gasteiger partial charge in [-0.2, -0.15) is 13.2 Å². The molecule has 8 heteroatoms. The molecule has 0 aromatic carbocycles. The third-order valence-corrected chi connectivity index (χ3v) is 2.44. The molecule has 0 spiro atoms. The fourth-order valence-corrected chi connectivity index (χ4v) is 1.44. The standard InChI is InChI=1S/C9H15F3N2O3/c1-14-8(7(16)17,4-2-3-5-13)6(15)9(10,11)12/h14H,2-5,13H2,1H3,(H,16,17)/t8-/m1/s1. The highest BCUT2D eigenvalue weighted by molar-refractivity contribution is 6.10. The molecule has 100 valence electrons. The number of aliphatic carboxylic acids is 1. The van der Waals surface area contributed by atoms with Crippen molar-refractivity contribution in [1.82, 2.24) is 5.32 Å². The first kappa shape index (κ1) is 15.9. The lowest BCUT2D eigenvalue weighted by atomic mass is 9.87. The summed E-state index contributed by atoms with van der Waals surface area (Å²) in [6.45, 7) is 0.222. The van der Waals surface area contributed by atoms with Gasteiger partial charge in [0.2, 0.25) is 0 Å². The molecule has 0 aliphatic carbocycles. The highest BCUT2D eigenvalue weighted by Gasteiger charge is 2.56. The van der Waals surface area contributed by atoms with Gasteiger partial charge < -0.3 is 10.8 Å². The van der Waals surface area contributed by atoms with Gasteiger partial charge in [-0.15, -0.1) is 0 Å². The predicted molar refractivity (Wildman–Crippen MR) is 53.4 cm³/mol. The van der Waals surface area contributed by atoms with Gasteiger partial charge in [-0.3, -0.25) is 10.1 Å². The molecular formula is C9H15F3N2O3. The van der Waals surface area contributed by atoms with Crippen LogP contribution in [-0.4, -0.2) is 42.2 Å². The van der Waals surface area contributed by atoms with E-state index in [0.717, 1.165) is 7.05 Å². The van der Waals surface area contributed by atoms with Crippen molar-refractivity contribution in [1.29, 1.82) is 0 Å². The summed E-state index contributed by atoms with van der Waals surface area (Å²) in [5, 5.41) is 10.8. The number of Topliss-reactive ketones (excluding diaryl/α,β-unsaturated/α-hetero) is 1. The van der Waals surface area contributed by atoms with Gasteiger partial charge in [0.05, 0.1) is 0 Å². The van der Waals surface area contributed by atoms with Gasteiger partial charge in [0.15, 0.2) is 5.54 Å². The predicted octanol–water partition coefficient (Wildman–Crippen LogP) is 0.290. The largest absolute Gasteiger partial charge is 0.480 e. The van der Waals surface area contributed by atoms with Crippen LogP contribution in [0.5, 0.6) is 0 Å². The Morgan fingerprint density at radius 3 is 2.12 bits per heavy atom. The maximum absolute atomic E-state index is 12.3. The topological polar surface area (TPSA) is 92.4 Å². The second kappa shape index (κ2) is 5.97. The second-order valence-electron chi connectivity index (χ2n) is 3.53. The maximum atomic E-state index is 12.3. The van der Waals surface area contributed by atoms with E-state index in [0.29, 0.717) is 6.42 Å². The first-order valence-electron chi connectivity index (χ1n) is 4.96. The second-order valence-corrected chi connectivity index (χ2v) is 3.53. The SMILES string of the molecule is CN[C@@](CCCCN)(C(=O)O)C(=O)C(F)(F)F. The molecule has 17 heavy (non-hydrogen) atoms. The van der Waals surface area contributed by atoms with E-state index in [4.69, 9.17) is 10.8 Å². The number of hydrogen-bond donors (Lipinski definition) is 3. The van der Waals surface area contributed by atoms with E-state index in [9.17, 15) is 22.8 Å². The molecular weight excluding hydrogens is 241 g/mol. The van der Waals surface area contributed by atoms with Crippen molar-refractivity contribution in [3.05, 3.63) is 0 Å². The summed E-state index contributed by atoms with van der Waals surface area (Å²) < 4.78 is 37.0. The Kier molecular flexibility index (Phi) is 5.56. The number of nitrogens with one attached hydrogen (secondary N) is 1. The van der Waals surface area contributed by atoms with Crippen molar-refractivity contribution in [3.63, 3.8) is 0 Å². The fraction of sp³-hybridized carbons (Fsp3) is 0.778. The van der Waals surface area contributed by atoms with Gasteiger partial charge in [0.25, 0.3) is 5.78 Å². The number of hydrogen-bond acceptors (Lipinski definition) is 4. The summed E-state index contributed by atoms with van der Waals surface area (Å²) in [6, 6.07) is 0. The first-order chi connectivity index (χ1) is 7.72. The van der Waals surface area contributed by atoms with Crippen molar-refractivity contribution < 1.29 is 27.9 Å². The number of carboxylic acid groups (broad SMARTS) is 1. The smallest absolute Gasteiger partial charge is 0.452 e. The quantitative estimate of drug-likeness (QED) is 0.449. The van der Waals surface area contributed by atoms with E-state index in [2.05, 4.69) is 0 Å². The highest BCUT2D eigenvalue weighted by atomic mass is 19.4. The van der Waals surface area contributed by atoms with E-state index < -0.39 is 29.9 Å². The molecule has 0 fully saturated rings. The average Bonchev–Trinajstić information content (AvgIpc) is 2.22. The zero-order valence-corrected chi connectivity index (χ0v) is 9.30. The average molecular weight is 256 g/mol. The summed E-state index contributed by atoms with van der Waals surface area (Å²) >= 11 is 0. The van der Waals surface area contributed by atoms with Crippen LogP contribution in [0.4, 0.5) is 13.2 Å². The summed E-state index contributed by atoms with van der Waals surface area (Å²) in [5.41, 5.74) is 2.54. The molecule has 4 N–H and O–H groups in total. The van der Waals surface area contributed by atoms with Crippen molar-refractivity contribution in [2.75, 3.05) is 13.6 Å². The number of carbonyl (C=O) groups excluding carboxylic acids is 1. The normalized spacial score (nSPS) is 15.4. The number of halogens is 3. The Balaban J connectivity index is 5.09. The minimum Gasteiger partial charge on any atom is -0.480 e. The van der Waals surface area contributed by atoms with E-state index in [1.54, 1.807) is 0 Å². The van der Waals surface area contributed by atoms with E-state index >= 15 is 0 Å². The van der Waals surface area contributed by atoms with Gasteiger partial charge >= 0.3 is 12.1 Å². The first-order valence-corrected chi connectivity index (χ1v) is 4.96. The number of unbranched alkanes of at least 4 members (excludes halogenated alkanes) is 1. The molecule has 5 nitrogen and oxygen atoms in total. The lowest BCUT2D eigenvalue weighted by Gasteiger charge is -2.28. The van der Waals surface area contributed by atoms with E-state index in [1.165, 1.54) is 0 Å². The molecule has 0 bridgehead atoms. The summed E-state index contributed by atoms with van der Waals surface area (Å²) in [5.74, 6) is -4.13. The van der Waals surface area contributed by atoms with Crippen LogP contribution >= 0.6 is 0 Å². The summed E-state index contributed by atoms with van der Waals surface area (Å²) in [7, 11) is 1.01. The fourth-order valence-electron chi connectivity index (χ4n) is 1.44. The van der Waals surface area contributed by atoms with Gasteiger partial charge in [0, 0.05) is 0 Å². The summed E-state index contributed by atoms with van der Waals surface area (Å²) in [6.07, 6.45) is -5.17. The monoisotopic (exact) mass is 256 g/mol. The maximum Gasteiger partial charge on any atom is 0.452 e.